The van der Waals surface area contributed by atoms with Gasteiger partial charge >= 0.3 is 0 Å². The van der Waals surface area contributed by atoms with E-state index >= 15 is 0 Å². The highest BCUT2D eigenvalue weighted by Crippen LogP contribution is 2.13. The molecule has 1 aliphatic rings. The van der Waals surface area contributed by atoms with Crippen LogP contribution in [0.15, 0.2) is 0 Å². The molecule has 1 saturated heterocycles. The number of nitrogens with two attached hydrogens (primary N) is 1. The highest BCUT2D eigenvalue weighted by atomic mass is 16.5. The molecule has 0 aliphatic carbocycles. The monoisotopic (exact) mass is 214 g/mol. The van der Waals surface area contributed by atoms with Gasteiger partial charge in [0.05, 0.1) is 13.2 Å². The van der Waals surface area contributed by atoms with Gasteiger partial charge in [0, 0.05) is 12.0 Å². The van der Waals surface area contributed by atoms with Gasteiger partial charge in [-0.3, -0.25) is 0 Å². The fourth-order valence-corrected chi connectivity index (χ4v) is 1.78. The molecule has 0 bridgehead atoms. The molecular formula is C12H26N2O. The lowest BCUT2D eigenvalue weighted by Crippen LogP contribution is -2.34. The Morgan fingerprint density at radius 1 is 1.20 bits per heavy atom. The minimum atomic E-state index is 0.127. The summed E-state index contributed by atoms with van der Waals surface area (Å²) < 4.78 is 5.67. The number of hydrogen-bond acceptors (Lipinski definition) is 3. The Morgan fingerprint density at radius 3 is 2.47 bits per heavy atom. The molecular weight excluding hydrogens is 188 g/mol. The molecule has 1 heterocycles. The molecule has 1 rings (SSSR count). The summed E-state index contributed by atoms with van der Waals surface area (Å²) in [4.78, 5) is 2.50. The van der Waals surface area contributed by atoms with E-state index in [1.807, 2.05) is 0 Å². The summed E-state index contributed by atoms with van der Waals surface area (Å²) in [6.45, 7) is 10.2. The molecule has 2 N–H and O–H groups in total. The molecule has 0 radical (unpaired) electrons. The van der Waals surface area contributed by atoms with Gasteiger partial charge in [0.15, 0.2) is 0 Å². The minimum Gasteiger partial charge on any atom is -0.380 e. The molecule has 90 valence electrons. The van der Waals surface area contributed by atoms with Crippen molar-refractivity contribution < 1.29 is 4.74 Å². The Bertz CT molecular complexity index is 165. The Labute approximate surface area is 94.0 Å². The Morgan fingerprint density at radius 2 is 1.87 bits per heavy atom. The van der Waals surface area contributed by atoms with Crippen molar-refractivity contribution in [1.29, 1.82) is 0 Å². The quantitative estimate of drug-likeness (QED) is 0.681. The molecule has 1 fully saturated rings. The molecule has 0 saturated carbocycles. The third-order valence-corrected chi connectivity index (χ3v) is 3.05. The van der Waals surface area contributed by atoms with Crippen LogP contribution in [0, 0.1) is 5.41 Å². The lowest BCUT2D eigenvalue weighted by atomic mass is 9.95. The first kappa shape index (κ1) is 12.9. The molecule has 1 aliphatic heterocycles. The van der Waals surface area contributed by atoms with Crippen LogP contribution in [0.5, 0.6) is 0 Å². The largest absolute Gasteiger partial charge is 0.380 e. The second-order valence-electron chi connectivity index (χ2n) is 5.32. The fraction of sp³-hybridized carbons (Fsp3) is 1.00. The van der Waals surface area contributed by atoms with Crippen molar-refractivity contribution >= 4 is 0 Å². The lowest BCUT2D eigenvalue weighted by molar-refractivity contribution is 0.0476. The van der Waals surface area contributed by atoms with Crippen LogP contribution in [0.2, 0.25) is 0 Å². The van der Waals surface area contributed by atoms with Gasteiger partial charge in [0.25, 0.3) is 0 Å². The van der Waals surface area contributed by atoms with Crippen LogP contribution in [0.1, 0.15) is 33.1 Å². The van der Waals surface area contributed by atoms with E-state index in [4.69, 9.17) is 10.5 Å². The van der Waals surface area contributed by atoms with Gasteiger partial charge in [0.2, 0.25) is 0 Å². The molecule has 0 atom stereocenters. The standard InChI is InChI=1S/C12H26N2O/c1-12(2,10-13)11-15-9-8-14-6-4-3-5-7-14/h3-11,13H2,1-2H3. The summed E-state index contributed by atoms with van der Waals surface area (Å²) in [5.74, 6) is 0. The van der Waals surface area contributed by atoms with Crippen molar-refractivity contribution in [2.45, 2.75) is 33.1 Å². The molecule has 0 spiro atoms. The SMILES string of the molecule is CC(C)(CN)COCCN1CCCCC1. The van der Waals surface area contributed by atoms with Crippen molar-refractivity contribution in [3.8, 4) is 0 Å². The lowest BCUT2D eigenvalue weighted by Gasteiger charge is -2.27. The van der Waals surface area contributed by atoms with E-state index < -0.39 is 0 Å². The maximum absolute atomic E-state index is 5.67. The van der Waals surface area contributed by atoms with Gasteiger partial charge in [-0.05, 0) is 32.5 Å². The molecule has 0 unspecified atom stereocenters. The summed E-state index contributed by atoms with van der Waals surface area (Å²) >= 11 is 0. The van der Waals surface area contributed by atoms with E-state index in [0.717, 1.165) is 19.8 Å². The van der Waals surface area contributed by atoms with E-state index in [0.29, 0.717) is 6.54 Å². The smallest absolute Gasteiger partial charge is 0.0593 e. The van der Waals surface area contributed by atoms with Crippen LogP contribution in [0.3, 0.4) is 0 Å². The number of rotatable bonds is 6. The van der Waals surface area contributed by atoms with Gasteiger partial charge in [-0.25, -0.2) is 0 Å². The van der Waals surface area contributed by atoms with Crippen LogP contribution in [-0.2, 0) is 4.74 Å². The Kier molecular flexibility index (Phi) is 5.58. The number of nitrogens with zero attached hydrogens (tertiary/aromatic N) is 1. The van der Waals surface area contributed by atoms with Crippen LogP contribution in [0.4, 0.5) is 0 Å². The zero-order valence-corrected chi connectivity index (χ0v) is 10.3. The highest BCUT2D eigenvalue weighted by Gasteiger charge is 2.16. The molecule has 15 heavy (non-hydrogen) atoms. The topological polar surface area (TPSA) is 38.5 Å². The molecule has 0 aromatic rings. The normalized spacial score (nSPS) is 19.4. The third-order valence-electron chi connectivity index (χ3n) is 3.05. The predicted octanol–water partition coefficient (Wildman–Crippen LogP) is 1.47. The average Bonchev–Trinajstić information content (AvgIpc) is 2.26. The molecule has 3 heteroatoms. The summed E-state index contributed by atoms with van der Waals surface area (Å²) in [5, 5.41) is 0. The molecule has 0 amide bonds. The van der Waals surface area contributed by atoms with Crippen molar-refractivity contribution in [1.82, 2.24) is 4.90 Å². The highest BCUT2D eigenvalue weighted by molar-refractivity contribution is 4.68. The predicted molar refractivity (Wildman–Crippen MR) is 63.9 cm³/mol. The first-order valence-corrected chi connectivity index (χ1v) is 6.14. The van der Waals surface area contributed by atoms with Crippen LogP contribution in [-0.4, -0.2) is 44.3 Å². The Balaban J connectivity index is 2.00. The summed E-state index contributed by atoms with van der Waals surface area (Å²) in [5.41, 5.74) is 5.77. The number of ether oxygens (including phenoxy) is 1. The summed E-state index contributed by atoms with van der Waals surface area (Å²) in [7, 11) is 0. The first-order valence-electron chi connectivity index (χ1n) is 6.14. The maximum atomic E-state index is 5.67. The number of piperidine rings is 1. The number of likely N-dealkylation sites (tertiary alicyclic amines) is 1. The van der Waals surface area contributed by atoms with E-state index in [-0.39, 0.29) is 5.41 Å². The van der Waals surface area contributed by atoms with Gasteiger partial charge in [-0.2, -0.15) is 0 Å². The van der Waals surface area contributed by atoms with Crippen molar-refractivity contribution in [3.63, 3.8) is 0 Å². The maximum Gasteiger partial charge on any atom is 0.0593 e. The third kappa shape index (κ3) is 5.50. The van der Waals surface area contributed by atoms with Gasteiger partial charge < -0.3 is 15.4 Å². The zero-order chi connectivity index (χ0) is 11.1. The van der Waals surface area contributed by atoms with Crippen molar-refractivity contribution in [3.05, 3.63) is 0 Å². The summed E-state index contributed by atoms with van der Waals surface area (Å²) in [6, 6.07) is 0. The fourth-order valence-electron chi connectivity index (χ4n) is 1.78. The van der Waals surface area contributed by atoms with Crippen LogP contribution in [0.25, 0.3) is 0 Å². The second-order valence-corrected chi connectivity index (χ2v) is 5.32. The Hall–Kier alpha value is -0.120. The zero-order valence-electron chi connectivity index (χ0n) is 10.3. The van der Waals surface area contributed by atoms with Crippen molar-refractivity contribution in [2.75, 3.05) is 39.4 Å². The van der Waals surface area contributed by atoms with E-state index in [1.165, 1.54) is 32.4 Å². The van der Waals surface area contributed by atoms with Gasteiger partial charge in [-0.1, -0.05) is 20.3 Å². The minimum absolute atomic E-state index is 0.127. The second kappa shape index (κ2) is 6.46. The molecule has 0 aromatic heterocycles. The van der Waals surface area contributed by atoms with Gasteiger partial charge in [-0.15, -0.1) is 0 Å². The average molecular weight is 214 g/mol. The van der Waals surface area contributed by atoms with Crippen molar-refractivity contribution in [2.24, 2.45) is 11.1 Å². The van der Waals surface area contributed by atoms with Gasteiger partial charge in [0.1, 0.15) is 0 Å². The number of hydrogen-bond donors (Lipinski definition) is 1. The first-order chi connectivity index (χ1) is 7.14. The van der Waals surface area contributed by atoms with E-state index in [9.17, 15) is 0 Å². The molecule has 3 nitrogen and oxygen atoms in total. The molecule has 0 aromatic carbocycles. The summed E-state index contributed by atoms with van der Waals surface area (Å²) in [6.07, 6.45) is 4.11. The van der Waals surface area contributed by atoms with Crippen LogP contribution < -0.4 is 5.73 Å². The van der Waals surface area contributed by atoms with E-state index in [2.05, 4.69) is 18.7 Å². The van der Waals surface area contributed by atoms with E-state index in [1.54, 1.807) is 0 Å². The van der Waals surface area contributed by atoms with Crippen LogP contribution >= 0.6 is 0 Å².